The molecule has 2 aromatic rings. The van der Waals surface area contributed by atoms with Crippen molar-refractivity contribution in [3.05, 3.63) is 64.7 Å². The van der Waals surface area contributed by atoms with Crippen molar-refractivity contribution in [2.24, 2.45) is 0 Å². The molecule has 6 nitrogen and oxygen atoms in total. The third-order valence-electron chi connectivity index (χ3n) is 5.18. The summed E-state index contributed by atoms with van der Waals surface area (Å²) >= 11 is 5.92. The largest absolute Gasteiger partial charge is 0.294 e. The van der Waals surface area contributed by atoms with Crippen molar-refractivity contribution in [2.45, 2.75) is 31.7 Å². The van der Waals surface area contributed by atoms with Crippen molar-refractivity contribution in [1.29, 1.82) is 0 Å². The van der Waals surface area contributed by atoms with E-state index in [1.807, 2.05) is 0 Å². The predicted molar refractivity (Wildman–Crippen MR) is 119 cm³/mol. The van der Waals surface area contributed by atoms with Crippen LogP contribution in [0.25, 0.3) is 0 Å². The van der Waals surface area contributed by atoms with Crippen LogP contribution in [0, 0.1) is 0 Å². The van der Waals surface area contributed by atoms with Crippen LogP contribution in [0.2, 0.25) is 5.02 Å². The van der Waals surface area contributed by atoms with Crippen molar-refractivity contribution >= 4 is 38.9 Å². The van der Waals surface area contributed by atoms with E-state index >= 15 is 0 Å². The maximum absolute atomic E-state index is 13.0. The molecule has 1 N–H and O–H groups in total. The number of nitrogens with one attached hydrogen (secondary N) is 1. The van der Waals surface area contributed by atoms with Crippen LogP contribution in [-0.2, 0) is 10.0 Å². The molecule has 1 fully saturated rings. The quantitative estimate of drug-likeness (QED) is 0.616. The summed E-state index contributed by atoms with van der Waals surface area (Å²) in [7, 11) is -3.36. The molecule has 1 heterocycles. The first-order valence-electron chi connectivity index (χ1n) is 9.88. The number of carbonyl (C=O) groups is 2. The molecular weight excluding hydrogens is 424 g/mol. The summed E-state index contributed by atoms with van der Waals surface area (Å²) in [6, 6.07) is 13.1. The molecule has 1 aliphatic heterocycles. The fraction of sp³-hybridized carbons (Fsp3) is 0.364. The van der Waals surface area contributed by atoms with Crippen LogP contribution < -0.4 is 4.72 Å². The number of benzene rings is 2. The van der Waals surface area contributed by atoms with E-state index in [0.29, 0.717) is 34.8 Å². The van der Waals surface area contributed by atoms with Crippen molar-refractivity contribution in [3.8, 4) is 0 Å². The zero-order valence-corrected chi connectivity index (χ0v) is 18.4. The van der Waals surface area contributed by atoms with Gasteiger partial charge >= 0.3 is 0 Å². The third-order valence-corrected chi connectivity index (χ3v) is 6.04. The monoisotopic (exact) mass is 448 g/mol. The zero-order valence-electron chi connectivity index (χ0n) is 16.8. The van der Waals surface area contributed by atoms with E-state index in [0.717, 1.165) is 32.1 Å². The average molecular weight is 449 g/mol. The molecule has 1 aliphatic rings. The summed E-state index contributed by atoms with van der Waals surface area (Å²) < 4.78 is 24.9. The van der Waals surface area contributed by atoms with E-state index in [-0.39, 0.29) is 17.6 Å². The fourth-order valence-electron chi connectivity index (χ4n) is 3.69. The van der Waals surface area contributed by atoms with E-state index in [9.17, 15) is 18.0 Å². The Hall–Kier alpha value is -2.22. The van der Waals surface area contributed by atoms with Crippen LogP contribution in [0.5, 0.6) is 0 Å². The summed E-state index contributed by atoms with van der Waals surface area (Å²) in [5, 5.41) is 0.593. The van der Waals surface area contributed by atoms with Gasteiger partial charge in [-0.3, -0.25) is 19.2 Å². The van der Waals surface area contributed by atoms with E-state index in [4.69, 9.17) is 11.6 Å². The van der Waals surface area contributed by atoms with E-state index in [1.165, 1.54) is 0 Å². The molecule has 0 radical (unpaired) electrons. The molecule has 3 rings (SSSR count). The fourth-order valence-corrected chi connectivity index (χ4v) is 4.38. The molecular formula is C22H25ClN2O4S. The number of anilines is 1. The summed E-state index contributed by atoms with van der Waals surface area (Å²) in [5.74, 6) is 0.0270. The first-order valence-corrected chi connectivity index (χ1v) is 12.1. The van der Waals surface area contributed by atoms with Gasteiger partial charge in [0.2, 0.25) is 10.0 Å². The van der Waals surface area contributed by atoms with E-state index < -0.39 is 10.0 Å². The van der Waals surface area contributed by atoms with Gasteiger partial charge in [-0.1, -0.05) is 18.0 Å². The Bertz CT molecular complexity index is 1000. The minimum Gasteiger partial charge on any atom is -0.294 e. The Kier molecular flexibility index (Phi) is 7.28. The Labute approximate surface area is 182 Å². The van der Waals surface area contributed by atoms with Crippen LogP contribution in [0.4, 0.5) is 5.69 Å². The van der Waals surface area contributed by atoms with E-state index in [2.05, 4.69) is 9.62 Å². The Morgan fingerprint density at radius 1 is 1.03 bits per heavy atom. The van der Waals surface area contributed by atoms with Crippen LogP contribution in [0.15, 0.2) is 48.5 Å². The molecule has 0 aliphatic carbocycles. The van der Waals surface area contributed by atoms with Gasteiger partial charge in [-0.05, 0) is 67.9 Å². The number of carbonyl (C=O) groups excluding carboxylic acids is 2. The predicted octanol–water partition coefficient (Wildman–Crippen LogP) is 4.02. The smallest absolute Gasteiger partial charge is 0.229 e. The van der Waals surface area contributed by atoms with Gasteiger partial charge in [-0.25, -0.2) is 8.42 Å². The van der Waals surface area contributed by atoms with Gasteiger partial charge in [-0.15, -0.1) is 0 Å². The molecule has 1 unspecified atom stereocenters. The number of nitrogens with zero attached hydrogens (tertiary/aromatic N) is 1. The number of hydrogen-bond donors (Lipinski definition) is 1. The summed E-state index contributed by atoms with van der Waals surface area (Å²) in [5.41, 5.74) is 1.57. The molecule has 8 heteroatoms. The molecule has 30 heavy (non-hydrogen) atoms. The maximum Gasteiger partial charge on any atom is 0.229 e. The lowest BCUT2D eigenvalue weighted by atomic mass is 9.94. The maximum atomic E-state index is 13.0. The molecule has 1 saturated heterocycles. The number of sulfonamides is 1. The molecule has 0 bridgehead atoms. The second kappa shape index (κ2) is 9.73. The number of ketones is 2. The zero-order chi connectivity index (χ0) is 21.7. The summed E-state index contributed by atoms with van der Waals surface area (Å²) in [4.78, 5) is 27.7. The number of halogens is 1. The van der Waals surface area contributed by atoms with Crippen LogP contribution in [-0.4, -0.2) is 50.3 Å². The highest BCUT2D eigenvalue weighted by Gasteiger charge is 2.29. The first-order chi connectivity index (χ1) is 14.2. The van der Waals surface area contributed by atoms with Crippen molar-refractivity contribution in [3.63, 3.8) is 0 Å². The van der Waals surface area contributed by atoms with Crippen molar-refractivity contribution in [1.82, 2.24) is 4.90 Å². The molecule has 2 aromatic carbocycles. The molecule has 0 aromatic heterocycles. The van der Waals surface area contributed by atoms with Gasteiger partial charge in [0.15, 0.2) is 11.6 Å². The lowest BCUT2D eigenvalue weighted by molar-refractivity contribution is 0.0722. The molecule has 0 spiro atoms. The van der Waals surface area contributed by atoms with Crippen LogP contribution in [0.3, 0.4) is 0 Å². The highest BCUT2D eigenvalue weighted by atomic mass is 35.5. The van der Waals surface area contributed by atoms with Gasteiger partial charge in [-0.2, -0.15) is 0 Å². The van der Waals surface area contributed by atoms with Crippen molar-refractivity contribution < 1.29 is 18.0 Å². The van der Waals surface area contributed by atoms with Gasteiger partial charge in [0, 0.05) is 34.8 Å². The molecule has 1 atom stereocenters. The number of hydrogen-bond acceptors (Lipinski definition) is 5. The standard InChI is InChI=1S/C22H25ClN2O4S/c1-30(28,29)24-19-11-7-16(8-12-19)21(26)13-15-25-14-3-2-4-20(25)22(27)17-5-9-18(23)10-6-17/h5-12,20,24H,2-4,13-15H2,1H3. The lowest BCUT2D eigenvalue weighted by Crippen LogP contribution is -2.45. The van der Waals surface area contributed by atoms with Crippen LogP contribution >= 0.6 is 11.6 Å². The van der Waals surface area contributed by atoms with Gasteiger partial charge in [0.1, 0.15) is 0 Å². The minimum absolute atomic E-state index is 0.0378. The number of piperidine rings is 1. The summed E-state index contributed by atoms with van der Waals surface area (Å²) in [6.45, 7) is 1.29. The second-order valence-corrected chi connectivity index (χ2v) is 9.73. The third kappa shape index (κ3) is 6.14. The van der Waals surface area contributed by atoms with Crippen molar-refractivity contribution in [2.75, 3.05) is 24.1 Å². The number of Topliss-reactive ketones (excluding diaryl/α,β-unsaturated/α-hetero) is 2. The minimum atomic E-state index is -3.36. The normalized spacial score (nSPS) is 17.5. The Morgan fingerprint density at radius 2 is 1.67 bits per heavy atom. The lowest BCUT2D eigenvalue weighted by Gasteiger charge is -2.34. The molecule has 160 valence electrons. The first kappa shape index (κ1) is 22.5. The summed E-state index contributed by atoms with van der Waals surface area (Å²) in [6.07, 6.45) is 4.14. The topological polar surface area (TPSA) is 83.6 Å². The number of rotatable bonds is 8. The van der Waals surface area contributed by atoms with Gasteiger partial charge < -0.3 is 0 Å². The van der Waals surface area contributed by atoms with E-state index in [1.54, 1.807) is 48.5 Å². The molecule has 0 saturated carbocycles. The average Bonchev–Trinajstić information content (AvgIpc) is 2.71. The highest BCUT2D eigenvalue weighted by molar-refractivity contribution is 7.92. The highest BCUT2D eigenvalue weighted by Crippen LogP contribution is 2.22. The second-order valence-electron chi connectivity index (χ2n) is 7.54. The SMILES string of the molecule is CS(=O)(=O)Nc1ccc(C(=O)CCN2CCCCC2C(=O)c2ccc(Cl)cc2)cc1. The van der Waals surface area contributed by atoms with Gasteiger partial charge in [0.25, 0.3) is 0 Å². The van der Waals surface area contributed by atoms with Gasteiger partial charge in [0.05, 0.1) is 12.3 Å². The molecule has 0 amide bonds. The Balaban J connectivity index is 1.62. The van der Waals surface area contributed by atoms with Crippen LogP contribution in [0.1, 0.15) is 46.4 Å². The Morgan fingerprint density at radius 3 is 2.30 bits per heavy atom. The number of likely N-dealkylation sites (tertiary alicyclic amines) is 1.